The van der Waals surface area contributed by atoms with E-state index < -0.39 is 31.0 Å². The fourth-order valence-electron chi connectivity index (χ4n) is 1.79. The molecule has 0 spiro atoms. The molecule has 1 rings (SSSR count). The van der Waals surface area contributed by atoms with Crippen LogP contribution in [0.15, 0.2) is 24.3 Å². The van der Waals surface area contributed by atoms with Crippen LogP contribution in [0.5, 0.6) is 5.75 Å². The van der Waals surface area contributed by atoms with Crippen LogP contribution in [-0.2, 0) is 19.2 Å². The normalized spacial score (nSPS) is 14.7. The van der Waals surface area contributed by atoms with Gasteiger partial charge < -0.3 is 66.2 Å². The molecule has 0 bridgehead atoms. The number of nitrogens with two attached hydrogens (primary N) is 1. The molecule has 0 aliphatic carbocycles. The van der Waals surface area contributed by atoms with Crippen LogP contribution in [-0.4, -0.2) is 74.5 Å². The maximum Gasteiger partial charge on any atom is 1.00 e. The number of nitrogens with one attached hydrogen (secondary N) is 1. The van der Waals surface area contributed by atoms with E-state index in [4.69, 9.17) is 9.84 Å². The molecule has 0 heterocycles. The van der Waals surface area contributed by atoms with Crippen LogP contribution in [0.25, 0.3) is 0 Å². The van der Waals surface area contributed by atoms with Crippen LogP contribution in [0.4, 0.5) is 0 Å². The summed E-state index contributed by atoms with van der Waals surface area (Å²) in [5.41, 5.74) is 5.62. The fourth-order valence-corrected chi connectivity index (χ4v) is 1.79. The molecule has 0 unspecified atom stereocenters. The Labute approximate surface area is 186 Å². The van der Waals surface area contributed by atoms with Gasteiger partial charge in [0.05, 0.1) is 19.8 Å². The van der Waals surface area contributed by atoms with Crippen LogP contribution < -0.4 is 45.3 Å². The minimum Gasteiger partial charge on any atom is -0.497 e. The first-order valence-electron chi connectivity index (χ1n) is 7.36. The molecule has 4 atom stereocenters. The van der Waals surface area contributed by atoms with Gasteiger partial charge in [-0.2, -0.15) is 0 Å². The molecule has 26 heavy (non-hydrogen) atoms. The van der Waals surface area contributed by atoms with Gasteiger partial charge >= 0.3 is 29.6 Å². The second-order valence-electron chi connectivity index (χ2n) is 5.10. The number of rotatable bonds is 9. The number of aliphatic hydroxyl groups excluding tert-OH is 5. The van der Waals surface area contributed by atoms with Gasteiger partial charge in [-0.1, -0.05) is 16.5 Å². The molecule has 0 aromatic heterocycles. The maximum atomic E-state index is 9.71. The molecule has 1 aromatic rings. The van der Waals surface area contributed by atoms with Crippen molar-refractivity contribution in [1.82, 2.24) is 5.32 Å². The largest absolute Gasteiger partial charge is 1.00 e. The van der Waals surface area contributed by atoms with Crippen molar-refractivity contribution in [3.63, 3.8) is 0 Å². The summed E-state index contributed by atoms with van der Waals surface area (Å²) in [6, 6.07) is 7.34. The number of methoxy groups -OCH3 is 1. The molecule has 1 aromatic carbocycles. The molecule has 11 heteroatoms. The summed E-state index contributed by atoms with van der Waals surface area (Å²) in [7, 11) is 1.58. The van der Waals surface area contributed by atoms with E-state index >= 15 is 0 Å². The zero-order valence-electron chi connectivity index (χ0n) is 14.8. The summed E-state index contributed by atoms with van der Waals surface area (Å²) >= 11 is 8.26. The molecule has 8 nitrogen and oxygen atoms in total. The van der Waals surface area contributed by atoms with E-state index in [-0.39, 0.29) is 40.4 Å². The van der Waals surface area contributed by atoms with Crippen molar-refractivity contribution in [3.8, 4) is 5.75 Å². The fraction of sp³-hybridized carbons (Fsp3) is 0.533. The maximum absolute atomic E-state index is 9.71. The van der Waals surface area contributed by atoms with Gasteiger partial charge in [0.2, 0.25) is 0 Å². The zero-order chi connectivity index (χ0) is 19.4. The van der Waals surface area contributed by atoms with Gasteiger partial charge in [0, 0.05) is 13.1 Å². The predicted octanol–water partition coefficient (Wildman–Crippen LogP) is -5.00. The molecule has 0 radical (unpaired) electrons. The minimum absolute atomic E-state index is 0. The average Bonchev–Trinajstić information content (AvgIpc) is 2.59. The Morgan fingerprint density at radius 1 is 1.15 bits per heavy atom. The molecular formula is C15H25N2NaO6S2. The second kappa shape index (κ2) is 15.9. The molecule has 0 fully saturated rings. The Morgan fingerprint density at radius 3 is 2.04 bits per heavy atom. The van der Waals surface area contributed by atoms with Crippen LogP contribution in [0.2, 0.25) is 0 Å². The van der Waals surface area contributed by atoms with Gasteiger partial charge in [-0.05, 0) is 17.7 Å². The van der Waals surface area contributed by atoms with E-state index in [9.17, 15) is 20.4 Å². The Hall–Kier alpha value is -0.110. The SMILES string of the molecule is COc1ccc(CNC[C@H](O)[C@@H](O)[C@H](O)[C@H](O)CO)cc1.NC(=S)[S-].[Na+]. The Balaban J connectivity index is 0. The number of ether oxygens (including phenoxy) is 1. The smallest absolute Gasteiger partial charge is 0.497 e. The van der Waals surface area contributed by atoms with Gasteiger partial charge in [-0.25, -0.2) is 0 Å². The van der Waals surface area contributed by atoms with Crippen LogP contribution in [0, 0.1) is 0 Å². The molecule has 144 valence electrons. The molecular weight excluding hydrogens is 391 g/mol. The van der Waals surface area contributed by atoms with E-state index in [1.54, 1.807) is 7.11 Å². The summed E-state index contributed by atoms with van der Waals surface area (Å²) < 4.78 is 5.12. The Bertz CT molecular complexity index is 494. The minimum atomic E-state index is -1.60. The van der Waals surface area contributed by atoms with Crippen molar-refractivity contribution in [2.75, 3.05) is 20.3 Å². The number of benzene rings is 1. The molecule has 0 aliphatic heterocycles. The average molecular weight is 416 g/mol. The third kappa shape index (κ3) is 12.3. The number of thiocarbonyl (C=S) groups is 1. The zero-order valence-corrected chi connectivity index (χ0v) is 18.4. The summed E-state index contributed by atoms with van der Waals surface area (Å²) in [4.78, 5) is 0. The van der Waals surface area contributed by atoms with Crippen molar-refractivity contribution in [1.29, 1.82) is 0 Å². The van der Waals surface area contributed by atoms with Gasteiger partial charge in [0.25, 0.3) is 0 Å². The third-order valence-electron chi connectivity index (χ3n) is 3.17. The summed E-state index contributed by atoms with van der Waals surface area (Å²) in [5, 5.41) is 49.6. The van der Waals surface area contributed by atoms with Crippen LogP contribution in [0.3, 0.4) is 0 Å². The monoisotopic (exact) mass is 416 g/mol. The van der Waals surface area contributed by atoms with Crippen LogP contribution >= 0.6 is 12.2 Å². The Morgan fingerprint density at radius 2 is 1.62 bits per heavy atom. The first kappa shape index (κ1) is 28.1. The van der Waals surface area contributed by atoms with E-state index in [1.165, 1.54) is 0 Å². The molecule has 0 amide bonds. The quantitative estimate of drug-likeness (QED) is 0.119. The predicted molar refractivity (Wildman–Crippen MR) is 100.0 cm³/mol. The van der Waals surface area contributed by atoms with Gasteiger partial charge in [-0.3, -0.25) is 0 Å². The van der Waals surface area contributed by atoms with Gasteiger partial charge in [0.15, 0.2) is 0 Å². The number of aliphatic hydroxyl groups is 5. The van der Waals surface area contributed by atoms with E-state index in [1.807, 2.05) is 24.3 Å². The van der Waals surface area contributed by atoms with Crippen molar-refractivity contribution >= 4 is 29.2 Å². The first-order chi connectivity index (χ1) is 11.7. The van der Waals surface area contributed by atoms with E-state index in [0.29, 0.717) is 6.54 Å². The summed E-state index contributed by atoms with van der Waals surface area (Å²) in [6.45, 7) is -0.195. The second-order valence-corrected chi connectivity index (χ2v) is 6.23. The van der Waals surface area contributed by atoms with Crippen molar-refractivity contribution in [2.45, 2.75) is 31.0 Å². The van der Waals surface area contributed by atoms with E-state index in [2.05, 4.69) is 35.9 Å². The number of hydrogen-bond acceptors (Lipinski definition) is 9. The topological polar surface area (TPSA) is 148 Å². The summed E-state index contributed by atoms with van der Waals surface area (Å²) in [5.74, 6) is 0.746. The third-order valence-corrected chi connectivity index (χ3v) is 3.17. The Kier molecular flexibility index (Phi) is 17.2. The summed E-state index contributed by atoms with van der Waals surface area (Å²) in [6.07, 6.45) is -5.90. The van der Waals surface area contributed by atoms with Crippen molar-refractivity contribution in [2.24, 2.45) is 5.73 Å². The number of hydrogen-bond donors (Lipinski definition) is 7. The van der Waals surface area contributed by atoms with Crippen molar-refractivity contribution in [3.05, 3.63) is 29.8 Å². The van der Waals surface area contributed by atoms with Crippen molar-refractivity contribution < 1.29 is 59.8 Å². The van der Waals surface area contributed by atoms with Gasteiger partial charge in [0.1, 0.15) is 24.1 Å². The molecule has 0 saturated heterocycles. The molecule has 8 N–H and O–H groups in total. The molecule has 0 saturated carbocycles. The standard InChI is InChI=1S/C14H23NO6.CH3NS2.Na/c1-21-10-4-2-9(3-5-10)6-15-7-11(17)13(19)14(20)12(18)8-16;2-1(3)4;/h2-5,11-20H,6-8H2,1H3;(H3,2,3,4);/q;;+1/p-1/t11-,12+,13+,14+;;/m0../s1. The molecule has 0 aliphatic rings. The first-order valence-corrected chi connectivity index (χ1v) is 8.17. The van der Waals surface area contributed by atoms with E-state index in [0.717, 1.165) is 11.3 Å². The van der Waals surface area contributed by atoms with Crippen LogP contribution in [0.1, 0.15) is 5.56 Å². The van der Waals surface area contributed by atoms with Gasteiger partial charge in [-0.15, -0.1) is 0 Å².